The van der Waals surface area contributed by atoms with Crippen LogP contribution in [0.2, 0.25) is 0 Å². The molecule has 80 valence electrons. The molecule has 0 radical (unpaired) electrons. The maximum atomic E-state index is 11.9. The molecule has 0 aliphatic heterocycles. The standard InChI is InChI=1S/C13H11NOS/c1-8-7-11-9(12(8)15)3-2-4-10(11)13-14-5-6-16-13/h2-6,8H,7H2,1H3. The summed E-state index contributed by atoms with van der Waals surface area (Å²) >= 11 is 1.62. The maximum Gasteiger partial charge on any atom is 0.166 e. The van der Waals surface area contributed by atoms with Crippen molar-refractivity contribution in [3.8, 4) is 10.6 Å². The number of carbonyl (C=O) groups is 1. The molecule has 3 heteroatoms. The Bertz CT molecular complexity index is 545. The van der Waals surface area contributed by atoms with E-state index in [0.717, 1.165) is 22.6 Å². The zero-order chi connectivity index (χ0) is 11.1. The van der Waals surface area contributed by atoms with Crippen molar-refractivity contribution in [3.63, 3.8) is 0 Å². The second kappa shape index (κ2) is 3.52. The lowest BCUT2D eigenvalue weighted by atomic mass is 10.0. The molecule has 16 heavy (non-hydrogen) atoms. The molecule has 2 aromatic rings. The van der Waals surface area contributed by atoms with E-state index in [1.54, 1.807) is 17.5 Å². The largest absolute Gasteiger partial charge is 0.294 e. The highest BCUT2D eigenvalue weighted by Gasteiger charge is 2.29. The van der Waals surface area contributed by atoms with E-state index in [1.165, 1.54) is 5.56 Å². The number of hydrogen-bond donors (Lipinski definition) is 0. The van der Waals surface area contributed by atoms with Crippen molar-refractivity contribution in [2.45, 2.75) is 13.3 Å². The highest BCUT2D eigenvalue weighted by atomic mass is 32.1. The molecule has 1 aliphatic rings. The molecule has 1 unspecified atom stereocenters. The minimum atomic E-state index is 0.121. The first-order chi connectivity index (χ1) is 7.77. The number of Topliss-reactive ketones (excluding diaryl/α,β-unsaturated/α-hetero) is 1. The molecule has 1 aromatic carbocycles. The molecule has 0 amide bonds. The molecule has 1 heterocycles. The molecule has 0 spiro atoms. The van der Waals surface area contributed by atoms with Gasteiger partial charge < -0.3 is 0 Å². The molecule has 0 fully saturated rings. The van der Waals surface area contributed by atoms with Crippen molar-refractivity contribution in [1.29, 1.82) is 0 Å². The smallest absolute Gasteiger partial charge is 0.166 e. The zero-order valence-corrected chi connectivity index (χ0v) is 9.75. The number of rotatable bonds is 1. The van der Waals surface area contributed by atoms with Crippen LogP contribution >= 0.6 is 11.3 Å². The Labute approximate surface area is 98.0 Å². The van der Waals surface area contributed by atoms with E-state index in [-0.39, 0.29) is 11.7 Å². The van der Waals surface area contributed by atoms with E-state index in [9.17, 15) is 4.79 Å². The topological polar surface area (TPSA) is 30.0 Å². The van der Waals surface area contributed by atoms with Crippen LogP contribution < -0.4 is 0 Å². The summed E-state index contributed by atoms with van der Waals surface area (Å²) in [6.07, 6.45) is 2.66. The average Bonchev–Trinajstić information content (AvgIpc) is 2.89. The van der Waals surface area contributed by atoms with Crippen LogP contribution in [0.3, 0.4) is 0 Å². The predicted octanol–water partition coefficient (Wildman–Crippen LogP) is 3.19. The van der Waals surface area contributed by atoms with E-state index in [4.69, 9.17) is 0 Å². The Kier molecular flexibility index (Phi) is 2.14. The molecule has 0 N–H and O–H groups in total. The monoisotopic (exact) mass is 229 g/mol. The summed E-state index contributed by atoms with van der Waals surface area (Å²) in [5.74, 6) is 0.393. The van der Waals surface area contributed by atoms with Gasteiger partial charge in [-0.2, -0.15) is 0 Å². The Balaban J connectivity index is 2.20. The third-order valence-electron chi connectivity index (χ3n) is 3.06. The van der Waals surface area contributed by atoms with Gasteiger partial charge in [-0.25, -0.2) is 4.98 Å². The lowest BCUT2D eigenvalue weighted by Crippen LogP contribution is -2.02. The number of thiazole rings is 1. The Morgan fingerprint density at radius 3 is 2.94 bits per heavy atom. The number of fused-ring (bicyclic) bond motifs is 1. The van der Waals surface area contributed by atoms with Crippen LogP contribution in [0.5, 0.6) is 0 Å². The number of ketones is 1. The summed E-state index contributed by atoms with van der Waals surface area (Å²) < 4.78 is 0. The van der Waals surface area contributed by atoms with E-state index in [2.05, 4.69) is 11.1 Å². The highest BCUT2D eigenvalue weighted by Crippen LogP contribution is 2.35. The molecule has 1 atom stereocenters. The third kappa shape index (κ3) is 1.32. The van der Waals surface area contributed by atoms with Crippen molar-refractivity contribution >= 4 is 17.1 Å². The van der Waals surface area contributed by atoms with Crippen LogP contribution in [-0.4, -0.2) is 10.8 Å². The van der Waals surface area contributed by atoms with Crippen LogP contribution in [0, 0.1) is 5.92 Å². The first-order valence-electron chi connectivity index (χ1n) is 5.33. The van der Waals surface area contributed by atoms with Gasteiger partial charge in [0.1, 0.15) is 5.01 Å². The van der Waals surface area contributed by atoms with Gasteiger partial charge in [0.2, 0.25) is 0 Å². The van der Waals surface area contributed by atoms with Crippen LogP contribution in [0.25, 0.3) is 10.6 Å². The van der Waals surface area contributed by atoms with Gasteiger partial charge in [0.25, 0.3) is 0 Å². The molecular weight excluding hydrogens is 218 g/mol. The summed E-state index contributed by atoms with van der Waals surface area (Å²) in [5, 5.41) is 2.98. The summed E-state index contributed by atoms with van der Waals surface area (Å²) in [4.78, 5) is 16.2. The van der Waals surface area contributed by atoms with Gasteiger partial charge in [-0.15, -0.1) is 11.3 Å². The molecule has 3 rings (SSSR count). The molecule has 1 aromatic heterocycles. The van der Waals surface area contributed by atoms with Crippen molar-refractivity contribution in [2.75, 3.05) is 0 Å². The molecular formula is C13H11NOS. The molecule has 1 aliphatic carbocycles. The summed E-state index contributed by atoms with van der Waals surface area (Å²) in [5.41, 5.74) is 3.19. The van der Waals surface area contributed by atoms with Gasteiger partial charge in [0, 0.05) is 28.6 Å². The highest BCUT2D eigenvalue weighted by molar-refractivity contribution is 7.13. The van der Waals surface area contributed by atoms with Gasteiger partial charge >= 0.3 is 0 Å². The average molecular weight is 229 g/mol. The second-order valence-corrected chi connectivity index (χ2v) is 5.03. The van der Waals surface area contributed by atoms with Gasteiger partial charge in [-0.05, 0) is 12.0 Å². The fraction of sp³-hybridized carbons (Fsp3) is 0.231. The molecule has 0 saturated carbocycles. The van der Waals surface area contributed by atoms with Crippen molar-refractivity contribution in [1.82, 2.24) is 4.98 Å². The van der Waals surface area contributed by atoms with Crippen LogP contribution in [0.15, 0.2) is 29.8 Å². The van der Waals surface area contributed by atoms with Gasteiger partial charge in [0.05, 0.1) is 0 Å². The summed E-state index contributed by atoms with van der Waals surface area (Å²) in [6.45, 7) is 1.99. The zero-order valence-electron chi connectivity index (χ0n) is 8.93. The van der Waals surface area contributed by atoms with E-state index >= 15 is 0 Å². The maximum absolute atomic E-state index is 11.9. The first-order valence-corrected chi connectivity index (χ1v) is 6.21. The minimum absolute atomic E-state index is 0.121. The van der Waals surface area contributed by atoms with Gasteiger partial charge in [-0.1, -0.05) is 25.1 Å². The minimum Gasteiger partial charge on any atom is -0.294 e. The number of nitrogens with zero attached hydrogens (tertiary/aromatic N) is 1. The van der Waals surface area contributed by atoms with Crippen LogP contribution in [0.1, 0.15) is 22.8 Å². The lowest BCUT2D eigenvalue weighted by Gasteiger charge is -2.03. The fourth-order valence-corrected chi connectivity index (χ4v) is 2.95. The third-order valence-corrected chi connectivity index (χ3v) is 3.87. The first kappa shape index (κ1) is 9.73. The van der Waals surface area contributed by atoms with E-state index in [0.29, 0.717) is 0 Å². The Morgan fingerprint density at radius 2 is 2.19 bits per heavy atom. The van der Waals surface area contributed by atoms with Crippen molar-refractivity contribution in [2.24, 2.45) is 5.92 Å². The molecule has 2 nitrogen and oxygen atoms in total. The van der Waals surface area contributed by atoms with E-state index in [1.807, 2.05) is 24.4 Å². The predicted molar refractivity (Wildman–Crippen MR) is 64.7 cm³/mol. The lowest BCUT2D eigenvalue weighted by molar-refractivity contribution is 0.0946. The van der Waals surface area contributed by atoms with Crippen molar-refractivity contribution < 1.29 is 4.79 Å². The van der Waals surface area contributed by atoms with Crippen LogP contribution in [-0.2, 0) is 6.42 Å². The number of hydrogen-bond acceptors (Lipinski definition) is 3. The van der Waals surface area contributed by atoms with Crippen LogP contribution in [0.4, 0.5) is 0 Å². The Hall–Kier alpha value is -1.48. The van der Waals surface area contributed by atoms with Gasteiger partial charge in [0.15, 0.2) is 5.78 Å². The van der Waals surface area contributed by atoms with Crippen molar-refractivity contribution in [3.05, 3.63) is 40.9 Å². The quantitative estimate of drug-likeness (QED) is 0.751. The Morgan fingerprint density at radius 1 is 1.38 bits per heavy atom. The number of benzene rings is 1. The van der Waals surface area contributed by atoms with E-state index < -0.39 is 0 Å². The molecule has 0 saturated heterocycles. The normalized spacial score (nSPS) is 18.8. The SMILES string of the molecule is CC1Cc2c(cccc2-c2nccs2)C1=O. The summed E-state index contributed by atoms with van der Waals surface area (Å²) in [6, 6.07) is 5.94. The second-order valence-electron chi connectivity index (χ2n) is 4.14. The fourth-order valence-electron chi connectivity index (χ4n) is 2.26. The summed E-state index contributed by atoms with van der Waals surface area (Å²) in [7, 11) is 0. The van der Waals surface area contributed by atoms with Gasteiger partial charge in [-0.3, -0.25) is 4.79 Å². The number of aromatic nitrogens is 1. The number of carbonyl (C=O) groups excluding carboxylic acids is 1. The molecule has 0 bridgehead atoms.